The lowest BCUT2D eigenvalue weighted by atomic mass is 10.2. The molecule has 9 heteroatoms. The molecule has 148 valence electrons. The SMILES string of the molecule is CCCc1cc2c(=O)n(C(C)C(=O)NN=C(C)c3cn(C)nc3C)cnc2s1. The van der Waals surface area contributed by atoms with Crippen molar-refractivity contribution in [1.82, 2.24) is 24.8 Å². The molecule has 0 aliphatic rings. The zero-order valence-corrected chi connectivity index (χ0v) is 17.5. The minimum atomic E-state index is -0.731. The van der Waals surface area contributed by atoms with Gasteiger partial charge in [0.2, 0.25) is 0 Å². The molecule has 0 aliphatic heterocycles. The molecule has 0 saturated heterocycles. The number of carbonyl (C=O) groups excluding carboxylic acids is 1. The average molecular weight is 401 g/mol. The minimum Gasteiger partial charge on any atom is -0.286 e. The van der Waals surface area contributed by atoms with Gasteiger partial charge in [0.25, 0.3) is 11.5 Å². The highest BCUT2D eigenvalue weighted by molar-refractivity contribution is 7.18. The first kappa shape index (κ1) is 19.9. The largest absolute Gasteiger partial charge is 0.286 e. The van der Waals surface area contributed by atoms with E-state index in [1.165, 1.54) is 22.2 Å². The number of rotatable bonds is 6. The Morgan fingerprint density at radius 2 is 2.18 bits per heavy atom. The van der Waals surface area contributed by atoms with Crippen LogP contribution in [0.15, 0.2) is 28.5 Å². The number of hydrogen-bond acceptors (Lipinski definition) is 6. The summed E-state index contributed by atoms with van der Waals surface area (Å²) in [6.45, 7) is 7.43. The Labute approximate surface area is 166 Å². The quantitative estimate of drug-likeness (QED) is 0.508. The van der Waals surface area contributed by atoms with Gasteiger partial charge >= 0.3 is 0 Å². The van der Waals surface area contributed by atoms with Crippen LogP contribution in [0.4, 0.5) is 0 Å². The number of hydrazone groups is 1. The maximum absolute atomic E-state index is 12.8. The highest BCUT2D eigenvalue weighted by Crippen LogP contribution is 2.22. The van der Waals surface area contributed by atoms with E-state index < -0.39 is 6.04 Å². The fourth-order valence-electron chi connectivity index (χ4n) is 3.01. The summed E-state index contributed by atoms with van der Waals surface area (Å²) in [6, 6.07) is 1.15. The second-order valence-electron chi connectivity index (χ2n) is 6.79. The number of nitrogens with zero attached hydrogens (tertiary/aromatic N) is 5. The molecule has 3 aromatic rings. The van der Waals surface area contributed by atoms with Gasteiger partial charge in [-0.15, -0.1) is 11.3 Å². The predicted molar refractivity (Wildman–Crippen MR) is 111 cm³/mol. The van der Waals surface area contributed by atoms with Crippen LogP contribution in [0.1, 0.15) is 49.4 Å². The Balaban J connectivity index is 1.81. The molecular weight excluding hydrogens is 376 g/mol. The van der Waals surface area contributed by atoms with Gasteiger partial charge in [-0.05, 0) is 33.3 Å². The molecule has 1 unspecified atom stereocenters. The number of carbonyl (C=O) groups is 1. The third-order valence-electron chi connectivity index (χ3n) is 4.56. The standard InChI is InChI=1S/C19H24N6O2S/c1-6-7-14-8-15-18(28-14)20-10-25(19(15)27)13(4)17(26)22-21-11(2)16-9-24(5)23-12(16)3/h8-10,13H,6-7H2,1-5H3,(H,22,26). The molecule has 0 fully saturated rings. The average Bonchev–Trinajstić information content (AvgIpc) is 3.22. The number of thiophene rings is 1. The van der Waals surface area contributed by atoms with E-state index in [-0.39, 0.29) is 11.5 Å². The van der Waals surface area contributed by atoms with Gasteiger partial charge < -0.3 is 0 Å². The topological polar surface area (TPSA) is 94.2 Å². The number of hydrogen-bond donors (Lipinski definition) is 1. The van der Waals surface area contributed by atoms with Gasteiger partial charge in [0.05, 0.1) is 23.1 Å². The van der Waals surface area contributed by atoms with Crippen LogP contribution in [0, 0.1) is 6.92 Å². The lowest BCUT2D eigenvalue weighted by molar-refractivity contribution is -0.123. The number of nitrogens with one attached hydrogen (secondary N) is 1. The predicted octanol–water partition coefficient (Wildman–Crippen LogP) is 2.55. The molecule has 1 amide bonds. The molecule has 3 heterocycles. The summed E-state index contributed by atoms with van der Waals surface area (Å²) < 4.78 is 3.04. The van der Waals surface area contributed by atoms with Crippen molar-refractivity contribution in [3.8, 4) is 0 Å². The van der Waals surface area contributed by atoms with E-state index in [2.05, 4.69) is 27.5 Å². The van der Waals surface area contributed by atoms with E-state index >= 15 is 0 Å². The number of amides is 1. The molecular formula is C19H24N6O2S. The first-order valence-corrected chi connectivity index (χ1v) is 9.97. The van der Waals surface area contributed by atoms with Crippen molar-refractivity contribution in [3.05, 3.63) is 45.1 Å². The fraction of sp³-hybridized carbons (Fsp3) is 0.421. The Morgan fingerprint density at radius 3 is 2.82 bits per heavy atom. The molecule has 1 N–H and O–H groups in total. The molecule has 3 rings (SSSR count). The summed E-state index contributed by atoms with van der Waals surface area (Å²) in [5.74, 6) is -0.381. The lowest BCUT2D eigenvalue weighted by Crippen LogP contribution is -2.34. The Morgan fingerprint density at radius 1 is 1.43 bits per heavy atom. The first-order valence-electron chi connectivity index (χ1n) is 9.16. The van der Waals surface area contributed by atoms with Crippen LogP contribution in [0.2, 0.25) is 0 Å². The van der Waals surface area contributed by atoms with Gasteiger partial charge in [-0.2, -0.15) is 10.2 Å². The molecule has 0 bridgehead atoms. The first-order chi connectivity index (χ1) is 13.3. The second kappa shape index (κ2) is 8.05. The van der Waals surface area contributed by atoms with E-state index in [9.17, 15) is 9.59 Å². The Hall–Kier alpha value is -2.81. The number of aryl methyl sites for hydroxylation is 3. The molecule has 0 aliphatic carbocycles. The molecule has 28 heavy (non-hydrogen) atoms. The van der Waals surface area contributed by atoms with E-state index in [4.69, 9.17) is 0 Å². The van der Waals surface area contributed by atoms with Gasteiger partial charge in [-0.3, -0.25) is 18.8 Å². The van der Waals surface area contributed by atoms with Crippen LogP contribution in [0.25, 0.3) is 10.2 Å². The lowest BCUT2D eigenvalue weighted by Gasteiger charge is -2.13. The zero-order valence-electron chi connectivity index (χ0n) is 16.7. The minimum absolute atomic E-state index is 0.213. The van der Waals surface area contributed by atoms with Crippen molar-refractivity contribution < 1.29 is 4.79 Å². The maximum Gasteiger partial charge on any atom is 0.263 e. The van der Waals surface area contributed by atoms with Crippen molar-refractivity contribution in [1.29, 1.82) is 0 Å². The van der Waals surface area contributed by atoms with Crippen molar-refractivity contribution >= 4 is 33.2 Å². The fourth-order valence-corrected chi connectivity index (χ4v) is 4.09. The zero-order chi connectivity index (χ0) is 20.4. The third kappa shape index (κ3) is 3.89. The van der Waals surface area contributed by atoms with Crippen LogP contribution in [-0.4, -0.2) is 31.0 Å². The van der Waals surface area contributed by atoms with Crippen LogP contribution in [-0.2, 0) is 18.3 Å². The number of fused-ring (bicyclic) bond motifs is 1. The molecule has 0 aromatic carbocycles. The maximum atomic E-state index is 12.8. The summed E-state index contributed by atoms with van der Waals surface area (Å²) >= 11 is 1.53. The molecule has 1 atom stereocenters. The van der Waals surface area contributed by atoms with Crippen molar-refractivity contribution in [2.75, 3.05) is 0 Å². The molecule has 0 spiro atoms. The van der Waals surface area contributed by atoms with Gasteiger partial charge in [0.15, 0.2) is 0 Å². The molecule has 8 nitrogen and oxygen atoms in total. The van der Waals surface area contributed by atoms with E-state index in [0.29, 0.717) is 15.9 Å². The Kier molecular flexibility index (Phi) is 5.73. The van der Waals surface area contributed by atoms with E-state index in [1.807, 2.05) is 26.2 Å². The van der Waals surface area contributed by atoms with E-state index in [0.717, 1.165) is 29.0 Å². The normalized spacial score (nSPS) is 13.1. The van der Waals surface area contributed by atoms with Gasteiger partial charge in [0, 0.05) is 23.7 Å². The van der Waals surface area contributed by atoms with Crippen LogP contribution in [0.3, 0.4) is 0 Å². The van der Waals surface area contributed by atoms with Crippen LogP contribution in [0.5, 0.6) is 0 Å². The van der Waals surface area contributed by atoms with Crippen molar-refractivity contribution in [3.63, 3.8) is 0 Å². The van der Waals surface area contributed by atoms with Crippen molar-refractivity contribution in [2.24, 2.45) is 12.1 Å². The van der Waals surface area contributed by atoms with Gasteiger partial charge in [0.1, 0.15) is 10.9 Å². The molecule has 3 aromatic heterocycles. The molecule has 0 radical (unpaired) electrons. The number of aromatic nitrogens is 4. The second-order valence-corrected chi connectivity index (χ2v) is 7.90. The van der Waals surface area contributed by atoms with Gasteiger partial charge in [-0.1, -0.05) is 13.3 Å². The highest BCUT2D eigenvalue weighted by atomic mass is 32.1. The summed E-state index contributed by atoms with van der Waals surface area (Å²) in [7, 11) is 1.83. The van der Waals surface area contributed by atoms with Crippen molar-refractivity contribution in [2.45, 2.75) is 46.6 Å². The summed E-state index contributed by atoms with van der Waals surface area (Å²) in [4.78, 5) is 31.5. The summed E-state index contributed by atoms with van der Waals surface area (Å²) in [5, 5.41) is 8.99. The smallest absolute Gasteiger partial charge is 0.263 e. The van der Waals surface area contributed by atoms with Crippen LogP contribution >= 0.6 is 11.3 Å². The van der Waals surface area contributed by atoms with Gasteiger partial charge in [-0.25, -0.2) is 10.4 Å². The Bertz CT molecular complexity index is 1110. The summed E-state index contributed by atoms with van der Waals surface area (Å²) in [6.07, 6.45) is 5.20. The van der Waals surface area contributed by atoms with Crippen LogP contribution < -0.4 is 11.0 Å². The molecule has 0 saturated carbocycles. The third-order valence-corrected chi connectivity index (χ3v) is 5.66. The highest BCUT2D eigenvalue weighted by Gasteiger charge is 2.19. The monoisotopic (exact) mass is 400 g/mol. The van der Waals surface area contributed by atoms with E-state index in [1.54, 1.807) is 18.5 Å². The summed E-state index contributed by atoms with van der Waals surface area (Å²) in [5.41, 5.74) is 4.67.